The highest BCUT2D eigenvalue weighted by atomic mass is 32.2. The van der Waals surface area contributed by atoms with Crippen molar-refractivity contribution >= 4 is 37.3 Å². The maximum Gasteiger partial charge on any atom is 0.252 e. The minimum Gasteiger partial charge on any atom is -0.347 e. The Bertz CT molecular complexity index is 1140. The molecule has 30 heavy (non-hydrogen) atoms. The first-order valence-corrected chi connectivity index (χ1v) is 12.8. The predicted molar refractivity (Wildman–Crippen MR) is 116 cm³/mol. The summed E-state index contributed by atoms with van der Waals surface area (Å²) in [7, 11) is -7.36. The van der Waals surface area contributed by atoms with E-state index in [0.717, 1.165) is 11.3 Å². The lowest BCUT2D eigenvalue weighted by Gasteiger charge is -2.16. The Morgan fingerprint density at radius 1 is 1.13 bits per heavy atom. The molecule has 1 aromatic carbocycles. The summed E-state index contributed by atoms with van der Waals surface area (Å²) in [6.45, 7) is 4.24. The Labute approximate surface area is 181 Å². The summed E-state index contributed by atoms with van der Waals surface area (Å²) in [5.74, 6) is 1.70. The summed E-state index contributed by atoms with van der Waals surface area (Å²) >= 11 is 1.08. The topological polar surface area (TPSA) is 113 Å². The van der Waals surface area contributed by atoms with Gasteiger partial charge in [-0.3, -0.25) is 4.79 Å². The fourth-order valence-corrected chi connectivity index (χ4v) is 6.46. The van der Waals surface area contributed by atoms with Gasteiger partial charge in [0.05, 0.1) is 18.0 Å². The molecular formula is C19H23N3O5S3. The van der Waals surface area contributed by atoms with Crippen molar-refractivity contribution in [3.05, 3.63) is 46.8 Å². The number of benzene rings is 1. The van der Waals surface area contributed by atoms with Crippen molar-refractivity contribution in [1.29, 1.82) is 0 Å². The molecule has 2 aromatic rings. The summed E-state index contributed by atoms with van der Waals surface area (Å²) in [5, 5.41) is 2.67. The molecule has 2 N–H and O–H groups in total. The average molecular weight is 470 g/mol. The zero-order chi connectivity index (χ0) is 22.4. The van der Waals surface area contributed by atoms with E-state index in [4.69, 9.17) is 6.42 Å². The van der Waals surface area contributed by atoms with Crippen LogP contribution in [0.3, 0.4) is 0 Å². The molecule has 0 unspecified atom stereocenters. The molecule has 0 radical (unpaired) electrons. The molecule has 1 aromatic heterocycles. The molecule has 0 fully saturated rings. The molecule has 8 nitrogen and oxygen atoms in total. The van der Waals surface area contributed by atoms with Gasteiger partial charge in [0, 0.05) is 23.5 Å². The van der Waals surface area contributed by atoms with Gasteiger partial charge in [-0.15, -0.1) is 17.8 Å². The standard InChI is InChI=1S/C19H23N3O5S3/c1-4-12-21-29(24,25)17-9-7-8-15(13-17)19(23)20-14-16-10-11-18(28-16)30(26,27)22(5-2)6-3/h1,7-11,13,21H,5-6,12,14H2,2-3H3,(H,20,23). The molecule has 2 rings (SSSR count). The van der Waals surface area contributed by atoms with Crippen LogP contribution in [0.1, 0.15) is 29.1 Å². The monoisotopic (exact) mass is 469 g/mol. The van der Waals surface area contributed by atoms with Crippen LogP contribution in [0.4, 0.5) is 0 Å². The molecular weight excluding hydrogens is 446 g/mol. The van der Waals surface area contributed by atoms with Crippen LogP contribution in [0, 0.1) is 12.3 Å². The van der Waals surface area contributed by atoms with Gasteiger partial charge in [0.15, 0.2) is 0 Å². The Morgan fingerprint density at radius 2 is 1.83 bits per heavy atom. The minimum absolute atomic E-state index is 0.0749. The number of nitrogens with zero attached hydrogens (tertiary/aromatic N) is 1. The second kappa shape index (κ2) is 10.2. The van der Waals surface area contributed by atoms with Crippen molar-refractivity contribution in [2.75, 3.05) is 19.6 Å². The van der Waals surface area contributed by atoms with E-state index in [-0.39, 0.29) is 27.8 Å². The fraction of sp³-hybridized carbons (Fsp3) is 0.316. The quantitative estimate of drug-likeness (QED) is 0.514. The Morgan fingerprint density at radius 3 is 2.47 bits per heavy atom. The van der Waals surface area contributed by atoms with Crippen molar-refractivity contribution in [3.8, 4) is 12.3 Å². The van der Waals surface area contributed by atoms with Gasteiger partial charge < -0.3 is 5.32 Å². The Hall–Kier alpha value is -2.23. The van der Waals surface area contributed by atoms with Crippen LogP contribution in [-0.4, -0.2) is 46.7 Å². The molecule has 0 saturated heterocycles. The van der Waals surface area contributed by atoms with Crippen LogP contribution >= 0.6 is 11.3 Å². The van der Waals surface area contributed by atoms with Gasteiger partial charge in [0.2, 0.25) is 10.0 Å². The van der Waals surface area contributed by atoms with Gasteiger partial charge in [0.25, 0.3) is 15.9 Å². The van der Waals surface area contributed by atoms with Gasteiger partial charge in [0.1, 0.15) is 4.21 Å². The Kier molecular flexibility index (Phi) is 8.17. The van der Waals surface area contributed by atoms with Crippen LogP contribution in [0.15, 0.2) is 45.5 Å². The van der Waals surface area contributed by atoms with Gasteiger partial charge in [-0.25, -0.2) is 16.8 Å². The van der Waals surface area contributed by atoms with E-state index in [1.54, 1.807) is 19.9 Å². The van der Waals surface area contributed by atoms with E-state index in [1.807, 2.05) is 0 Å². The molecule has 0 bridgehead atoms. The highest BCUT2D eigenvalue weighted by Gasteiger charge is 2.23. The van der Waals surface area contributed by atoms with Gasteiger partial charge in [-0.2, -0.15) is 9.03 Å². The van der Waals surface area contributed by atoms with Crippen molar-refractivity contribution in [2.24, 2.45) is 0 Å². The lowest BCUT2D eigenvalue weighted by molar-refractivity contribution is 0.0951. The molecule has 11 heteroatoms. The number of hydrogen-bond acceptors (Lipinski definition) is 6. The van der Waals surface area contributed by atoms with E-state index >= 15 is 0 Å². The van der Waals surface area contributed by atoms with Crippen molar-refractivity contribution in [3.63, 3.8) is 0 Å². The third-order valence-corrected chi connectivity index (χ3v) is 9.13. The van der Waals surface area contributed by atoms with Crippen LogP contribution in [0.2, 0.25) is 0 Å². The van der Waals surface area contributed by atoms with E-state index in [1.165, 1.54) is 34.6 Å². The van der Waals surface area contributed by atoms with Crippen LogP contribution in [0.25, 0.3) is 0 Å². The van der Waals surface area contributed by atoms with Gasteiger partial charge in [-0.1, -0.05) is 25.8 Å². The maximum atomic E-state index is 12.5. The molecule has 0 aliphatic carbocycles. The molecule has 0 aliphatic rings. The molecule has 0 aliphatic heterocycles. The highest BCUT2D eigenvalue weighted by Crippen LogP contribution is 2.25. The maximum absolute atomic E-state index is 12.5. The van der Waals surface area contributed by atoms with Crippen molar-refractivity contribution in [2.45, 2.75) is 29.5 Å². The third-order valence-electron chi connectivity index (χ3n) is 4.13. The second-order valence-electron chi connectivity index (χ2n) is 6.05. The van der Waals surface area contributed by atoms with Gasteiger partial charge >= 0.3 is 0 Å². The minimum atomic E-state index is -3.81. The first-order chi connectivity index (χ1) is 14.2. The summed E-state index contributed by atoms with van der Waals surface area (Å²) in [6, 6.07) is 8.72. The summed E-state index contributed by atoms with van der Waals surface area (Å²) < 4.78 is 53.2. The number of terminal acetylenes is 1. The number of hydrogen-bond donors (Lipinski definition) is 2. The summed E-state index contributed by atoms with van der Waals surface area (Å²) in [4.78, 5) is 13.0. The lowest BCUT2D eigenvalue weighted by Crippen LogP contribution is -2.30. The zero-order valence-corrected chi connectivity index (χ0v) is 19.0. The van der Waals surface area contributed by atoms with Crippen molar-refractivity contribution in [1.82, 2.24) is 14.3 Å². The summed E-state index contributed by atoms with van der Waals surface area (Å²) in [6.07, 6.45) is 5.07. The number of nitrogens with one attached hydrogen (secondary N) is 2. The highest BCUT2D eigenvalue weighted by molar-refractivity contribution is 7.91. The van der Waals surface area contributed by atoms with E-state index in [9.17, 15) is 21.6 Å². The molecule has 162 valence electrons. The predicted octanol–water partition coefficient (Wildman–Crippen LogP) is 1.62. The van der Waals surface area contributed by atoms with Crippen LogP contribution < -0.4 is 10.0 Å². The van der Waals surface area contributed by atoms with Crippen LogP contribution in [0.5, 0.6) is 0 Å². The normalized spacial score (nSPS) is 11.9. The summed E-state index contributed by atoms with van der Waals surface area (Å²) in [5.41, 5.74) is 0.158. The first-order valence-electron chi connectivity index (χ1n) is 9.06. The number of rotatable bonds is 10. The third kappa shape index (κ3) is 5.68. The number of amides is 1. The average Bonchev–Trinajstić information content (AvgIpc) is 3.21. The smallest absolute Gasteiger partial charge is 0.252 e. The number of carbonyl (C=O) groups excluding carboxylic acids is 1. The number of carbonyl (C=O) groups is 1. The molecule has 0 atom stereocenters. The zero-order valence-electron chi connectivity index (χ0n) is 16.6. The van der Waals surface area contributed by atoms with Crippen LogP contribution in [-0.2, 0) is 26.6 Å². The van der Waals surface area contributed by atoms with E-state index in [2.05, 4.69) is 16.0 Å². The largest absolute Gasteiger partial charge is 0.347 e. The molecule has 1 heterocycles. The Balaban J connectivity index is 2.10. The molecule has 1 amide bonds. The first kappa shape index (κ1) is 24.0. The number of sulfonamides is 2. The second-order valence-corrected chi connectivity index (χ2v) is 11.1. The lowest BCUT2D eigenvalue weighted by atomic mass is 10.2. The SMILES string of the molecule is C#CCNS(=O)(=O)c1cccc(C(=O)NCc2ccc(S(=O)(=O)N(CC)CC)s2)c1. The van der Waals surface area contributed by atoms with Crippen molar-refractivity contribution < 1.29 is 21.6 Å². The van der Waals surface area contributed by atoms with Gasteiger partial charge in [-0.05, 0) is 30.3 Å². The fourth-order valence-electron chi connectivity index (χ4n) is 2.58. The number of thiophene rings is 1. The molecule has 0 saturated carbocycles. The van der Waals surface area contributed by atoms with E-state index < -0.39 is 26.0 Å². The molecule has 0 spiro atoms. The van der Waals surface area contributed by atoms with E-state index in [0.29, 0.717) is 18.0 Å².